The van der Waals surface area contributed by atoms with Gasteiger partial charge < -0.3 is 10.2 Å². The van der Waals surface area contributed by atoms with Crippen molar-refractivity contribution in [2.24, 2.45) is 5.92 Å². The number of hydrogen-bond acceptors (Lipinski definition) is 2. The Morgan fingerprint density at radius 2 is 2.07 bits per heavy atom. The zero-order valence-electron chi connectivity index (χ0n) is 11.0. The second kappa shape index (κ2) is 7.24. The SMILES string of the molecule is CCCCC[C@H](O)CCC1CCCC1O.[H+]. The molecule has 1 rings (SSSR count). The van der Waals surface area contributed by atoms with Crippen LogP contribution in [0.4, 0.5) is 0 Å². The van der Waals surface area contributed by atoms with Crippen LogP contribution in [0.5, 0.6) is 0 Å². The molecule has 2 heteroatoms. The van der Waals surface area contributed by atoms with Gasteiger partial charge in [-0.05, 0) is 38.0 Å². The van der Waals surface area contributed by atoms with Crippen molar-refractivity contribution in [2.45, 2.75) is 76.9 Å². The minimum atomic E-state index is -0.135. The van der Waals surface area contributed by atoms with Gasteiger partial charge in [0, 0.05) is 0 Å². The van der Waals surface area contributed by atoms with Crippen molar-refractivity contribution in [1.29, 1.82) is 0 Å². The lowest BCUT2D eigenvalue weighted by Crippen LogP contribution is -2.16. The summed E-state index contributed by atoms with van der Waals surface area (Å²) >= 11 is 0. The van der Waals surface area contributed by atoms with Gasteiger partial charge in [-0.1, -0.05) is 32.6 Å². The minimum absolute atomic E-state index is 0. The van der Waals surface area contributed by atoms with E-state index in [0.717, 1.165) is 44.9 Å². The summed E-state index contributed by atoms with van der Waals surface area (Å²) in [6.07, 6.45) is 9.48. The van der Waals surface area contributed by atoms with Gasteiger partial charge in [0.25, 0.3) is 0 Å². The molecular formula is C13H27O2+. The van der Waals surface area contributed by atoms with E-state index in [9.17, 15) is 10.2 Å². The van der Waals surface area contributed by atoms with Crippen molar-refractivity contribution < 1.29 is 11.6 Å². The van der Waals surface area contributed by atoms with Gasteiger partial charge in [-0.15, -0.1) is 0 Å². The van der Waals surface area contributed by atoms with Crippen molar-refractivity contribution in [2.75, 3.05) is 0 Å². The number of rotatable bonds is 7. The van der Waals surface area contributed by atoms with Crippen LogP contribution in [0.1, 0.15) is 66.1 Å². The van der Waals surface area contributed by atoms with Crippen LogP contribution in [0, 0.1) is 5.92 Å². The molecule has 0 aromatic rings. The molecule has 1 saturated carbocycles. The predicted octanol–water partition coefficient (Wildman–Crippen LogP) is 2.98. The Hall–Kier alpha value is -0.0800. The lowest BCUT2D eigenvalue weighted by atomic mass is 9.96. The highest BCUT2D eigenvalue weighted by Crippen LogP contribution is 2.30. The third-order valence-corrected chi connectivity index (χ3v) is 3.63. The molecule has 3 atom stereocenters. The highest BCUT2D eigenvalue weighted by atomic mass is 16.3. The van der Waals surface area contributed by atoms with Gasteiger partial charge in [-0.25, -0.2) is 0 Å². The van der Waals surface area contributed by atoms with Crippen LogP contribution in [-0.4, -0.2) is 22.4 Å². The Kier molecular flexibility index (Phi) is 6.26. The molecule has 0 aliphatic heterocycles. The summed E-state index contributed by atoms with van der Waals surface area (Å²) in [5, 5.41) is 19.4. The van der Waals surface area contributed by atoms with Crippen LogP contribution in [-0.2, 0) is 0 Å². The second-order valence-corrected chi connectivity index (χ2v) is 4.99. The molecule has 90 valence electrons. The van der Waals surface area contributed by atoms with E-state index in [4.69, 9.17) is 0 Å². The first-order valence-electron chi connectivity index (χ1n) is 6.60. The van der Waals surface area contributed by atoms with Gasteiger partial charge in [-0.3, -0.25) is 0 Å². The molecule has 0 spiro atoms. The summed E-state index contributed by atoms with van der Waals surface area (Å²) in [6, 6.07) is 0. The van der Waals surface area contributed by atoms with Crippen LogP contribution >= 0.6 is 0 Å². The average molecular weight is 215 g/mol. The molecule has 0 heterocycles. The topological polar surface area (TPSA) is 40.5 Å². The average Bonchev–Trinajstić information content (AvgIpc) is 2.61. The van der Waals surface area contributed by atoms with E-state index in [1.54, 1.807) is 0 Å². The smallest absolute Gasteiger partial charge is 0.393 e. The summed E-state index contributed by atoms with van der Waals surface area (Å²) in [6.45, 7) is 2.18. The summed E-state index contributed by atoms with van der Waals surface area (Å²) < 4.78 is 0. The number of unbranched alkanes of at least 4 members (excludes halogenated alkanes) is 2. The van der Waals surface area contributed by atoms with Crippen molar-refractivity contribution in [3.8, 4) is 0 Å². The molecule has 2 nitrogen and oxygen atoms in total. The van der Waals surface area contributed by atoms with E-state index >= 15 is 0 Å². The molecule has 2 N–H and O–H groups in total. The van der Waals surface area contributed by atoms with E-state index in [-0.39, 0.29) is 13.6 Å². The zero-order chi connectivity index (χ0) is 11.1. The lowest BCUT2D eigenvalue weighted by Gasteiger charge is -2.16. The molecule has 1 aliphatic carbocycles. The van der Waals surface area contributed by atoms with Gasteiger partial charge in [0.05, 0.1) is 12.2 Å². The van der Waals surface area contributed by atoms with Gasteiger partial charge >= 0.3 is 1.43 Å². The largest absolute Gasteiger partial charge is 1.00 e. The third kappa shape index (κ3) is 4.98. The first-order valence-corrected chi connectivity index (χ1v) is 6.60. The van der Waals surface area contributed by atoms with E-state index in [2.05, 4.69) is 6.92 Å². The molecule has 0 amide bonds. The Morgan fingerprint density at radius 1 is 1.27 bits per heavy atom. The van der Waals surface area contributed by atoms with Gasteiger partial charge in [0.2, 0.25) is 0 Å². The molecule has 15 heavy (non-hydrogen) atoms. The van der Waals surface area contributed by atoms with Crippen molar-refractivity contribution in [3.63, 3.8) is 0 Å². The molecule has 0 aromatic heterocycles. The molecule has 0 saturated heterocycles. The maximum atomic E-state index is 9.74. The van der Waals surface area contributed by atoms with Crippen LogP contribution in [0.25, 0.3) is 0 Å². The van der Waals surface area contributed by atoms with Crippen LogP contribution in [0.3, 0.4) is 0 Å². The van der Waals surface area contributed by atoms with Gasteiger partial charge in [0.1, 0.15) is 0 Å². The van der Waals surface area contributed by atoms with Crippen LogP contribution in [0.2, 0.25) is 0 Å². The summed E-state index contributed by atoms with van der Waals surface area (Å²) in [5.74, 6) is 0.464. The standard InChI is InChI=1S/C13H26O2/c1-2-3-4-7-12(14)10-9-11-6-5-8-13(11)15/h11-15H,2-10H2,1H3/p+1/t11?,12-,13?/m0/s1. The number of aliphatic hydroxyl groups excluding tert-OH is 2. The number of aliphatic hydroxyl groups is 2. The summed E-state index contributed by atoms with van der Waals surface area (Å²) in [5.41, 5.74) is 0. The third-order valence-electron chi connectivity index (χ3n) is 3.63. The normalized spacial score (nSPS) is 28.2. The van der Waals surface area contributed by atoms with E-state index in [0.29, 0.717) is 5.92 Å². The van der Waals surface area contributed by atoms with Gasteiger partial charge in [-0.2, -0.15) is 0 Å². The summed E-state index contributed by atoms with van der Waals surface area (Å²) in [4.78, 5) is 0. The van der Waals surface area contributed by atoms with E-state index in [1.165, 1.54) is 12.8 Å². The van der Waals surface area contributed by atoms with E-state index in [1.807, 2.05) is 0 Å². The number of hydrogen-bond donors (Lipinski definition) is 2. The van der Waals surface area contributed by atoms with Crippen LogP contribution < -0.4 is 0 Å². The van der Waals surface area contributed by atoms with Crippen molar-refractivity contribution >= 4 is 0 Å². The summed E-state index contributed by atoms with van der Waals surface area (Å²) in [7, 11) is 0. The quantitative estimate of drug-likeness (QED) is 0.641. The van der Waals surface area contributed by atoms with Crippen molar-refractivity contribution in [3.05, 3.63) is 0 Å². The molecule has 2 unspecified atom stereocenters. The zero-order valence-corrected chi connectivity index (χ0v) is 9.99. The fourth-order valence-corrected chi connectivity index (χ4v) is 2.53. The highest BCUT2D eigenvalue weighted by Gasteiger charge is 2.25. The maximum Gasteiger partial charge on any atom is 1.00 e. The molecule has 0 radical (unpaired) electrons. The van der Waals surface area contributed by atoms with Gasteiger partial charge in [0.15, 0.2) is 0 Å². The highest BCUT2D eigenvalue weighted by molar-refractivity contribution is 4.77. The Labute approximate surface area is 95.2 Å². The van der Waals surface area contributed by atoms with E-state index < -0.39 is 0 Å². The molecule has 1 aliphatic rings. The fraction of sp³-hybridized carbons (Fsp3) is 1.00. The first-order chi connectivity index (χ1) is 7.24. The predicted molar refractivity (Wildman–Crippen MR) is 63.8 cm³/mol. The fourth-order valence-electron chi connectivity index (χ4n) is 2.53. The maximum absolute atomic E-state index is 9.74. The lowest BCUT2D eigenvalue weighted by molar-refractivity contribution is 0.101. The molecule has 1 fully saturated rings. The Morgan fingerprint density at radius 3 is 2.67 bits per heavy atom. The minimum Gasteiger partial charge on any atom is -0.393 e. The molecular weight excluding hydrogens is 188 g/mol. The Balaban J connectivity index is 0.00000225. The van der Waals surface area contributed by atoms with Crippen molar-refractivity contribution in [1.82, 2.24) is 0 Å². The van der Waals surface area contributed by atoms with Crippen LogP contribution in [0.15, 0.2) is 0 Å². The second-order valence-electron chi connectivity index (χ2n) is 4.99. The molecule has 0 aromatic carbocycles. The molecule has 0 bridgehead atoms. The first kappa shape index (κ1) is 13.0. The monoisotopic (exact) mass is 215 g/mol. The Bertz CT molecular complexity index is 164.